The third-order valence-electron chi connectivity index (χ3n) is 5.05. The lowest BCUT2D eigenvalue weighted by molar-refractivity contribution is 0.391. The summed E-state index contributed by atoms with van der Waals surface area (Å²) in [5.41, 5.74) is 4.95. The minimum Gasteiger partial charge on any atom is -0.338 e. The molecule has 0 atom stereocenters. The molecule has 3 heterocycles. The molecular formula is C24H19ClN6OS. The Hall–Kier alpha value is -3.49. The quantitative estimate of drug-likeness (QED) is 0.281. The number of aryl methyl sites for hydroxylation is 2. The van der Waals surface area contributed by atoms with Gasteiger partial charge in [0.2, 0.25) is 11.7 Å². The van der Waals surface area contributed by atoms with Crippen molar-refractivity contribution in [3.63, 3.8) is 0 Å². The predicted molar refractivity (Wildman–Crippen MR) is 128 cm³/mol. The fourth-order valence-corrected chi connectivity index (χ4v) is 4.51. The summed E-state index contributed by atoms with van der Waals surface area (Å²) >= 11 is 7.74. The van der Waals surface area contributed by atoms with E-state index in [9.17, 15) is 0 Å². The van der Waals surface area contributed by atoms with Crippen LogP contribution >= 0.6 is 23.4 Å². The van der Waals surface area contributed by atoms with Gasteiger partial charge in [0, 0.05) is 23.5 Å². The van der Waals surface area contributed by atoms with Crippen molar-refractivity contribution in [3.8, 4) is 28.5 Å². The van der Waals surface area contributed by atoms with Gasteiger partial charge in [-0.1, -0.05) is 58.3 Å². The number of pyridine rings is 1. The predicted octanol–water partition coefficient (Wildman–Crippen LogP) is 5.94. The fraction of sp³-hybridized carbons (Fsp3) is 0.125. The standard InChI is InChI=1S/C24H19ClN6OS/c1-15-9-10-20(16(2)12-15)31-23(17-6-5-11-26-13-17)28-29-24(31)33-14-21-27-22(30-32-21)18-7-3-4-8-19(18)25/h3-13H,14H2,1-2H3. The average Bonchev–Trinajstić information content (AvgIpc) is 3.46. The van der Waals surface area contributed by atoms with Gasteiger partial charge in [-0.15, -0.1) is 10.2 Å². The van der Waals surface area contributed by atoms with Crippen LogP contribution in [0.3, 0.4) is 0 Å². The lowest BCUT2D eigenvalue weighted by Gasteiger charge is -2.13. The minimum absolute atomic E-state index is 0.438. The normalized spacial score (nSPS) is 11.1. The SMILES string of the molecule is Cc1ccc(-n2c(SCc3nc(-c4ccccc4Cl)no3)nnc2-c2cccnc2)c(C)c1. The van der Waals surface area contributed by atoms with E-state index in [1.165, 1.54) is 17.3 Å². The van der Waals surface area contributed by atoms with Crippen molar-refractivity contribution in [1.82, 2.24) is 29.9 Å². The molecule has 0 saturated carbocycles. The zero-order valence-corrected chi connectivity index (χ0v) is 19.5. The molecule has 5 rings (SSSR count). The number of nitrogens with zero attached hydrogens (tertiary/aromatic N) is 6. The summed E-state index contributed by atoms with van der Waals surface area (Å²) in [5.74, 6) is 2.10. The molecule has 0 radical (unpaired) electrons. The van der Waals surface area contributed by atoms with E-state index >= 15 is 0 Å². The first kappa shape index (κ1) is 21.4. The van der Waals surface area contributed by atoms with Crippen LogP contribution in [0.5, 0.6) is 0 Å². The third-order valence-corrected chi connectivity index (χ3v) is 6.30. The smallest absolute Gasteiger partial charge is 0.237 e. The summed E-state index contributed by atoms with van der Waals surface area (Å²) in [6.45, 7) is 4.16. The summed E-state index contributed by atoms with van der Waals surface area (Å²) in [5, 5.41) is 14.3. The van der Waals surface area contributed by atoms with Crippen LogP contribution < -0.4 is 0 Å². The van der Waals surface area contributed by atoms with Gasteiger partial charge in [0.05, 0.1) is 16.5 Å². The first-order valence-electron chi connectivity index (χ1n) is 10.2. The van der Waals surface area contributed by atoms with Gasteiger partial charge in [-0.3, -0.25) is 9.55 Å². The van der Waals surface area contributed by atoms with Gasteiger partial charge in [-0.25, -0.2) is 0 Å². The highest BCUT2D eigenvalue weighted by Gasteiger charge is 2.19. The van der Waals surface area contributed by atoms with E-state index < -0.39 is 0 Å². The highest BCUT2D eigenvalue weighted by atomic mass is 35.5. The van der Waals surface area contributed by atoms with E-state index in [-0.39, 0.29) is 0 Å². The van der Waals surface area contributed by atoms with Crippen molar-refractivity contribution in [2.45, 2.75) is 24.8 Å². The molecule has 0 bridgehead atoms. The second-order valence-corrected chi connectivity index (χ2v) is 8.80. The maximum atomic E-state index is 6.26. The molecule has 5 aromatic rings. The molecule has 0 N–H and O–H groups in total. The Bertz CT molecular complexity index is 1420. The Labute approximate surface area is 199 Å². The van der Waals surface area contributed by atoms with Gasteiger partial charge >= 0.3 is 0 Å². The van der Waals surface area contributed by atoms with Crippen molar-refractivity contribution in [1.29, 1.82) is 0 Å². The Morgan fingerprint density at radius 1 is 1.03 bits per heavy atom. The van der Waals surface area contributed by atoms with E-state index in [0.717, 1.165) is 33.4 Å². The largest absolute Gasteiger partial charge is 0.338 e. The topological polar surface area (TPSA) is 82.5 Å². The first-order valence-corrected chi connectivity index (χ1v) is 11.6. The summed E-state index contributed by atoms with van der Waals surface area (Å²) in [6.07, 6.45) is 3.52. The van der Waals surface area contributed by atoms with Gasteiger partial charge in [-0.2, -0.15) is 4.98 Å². The third kappa shape index (κ3) is 4.40. The van der Waals surface area contributed by atoms with Crippen LogP contribution in [0.1, 0.15) is 17.0 Å². The number of aromatic nitrogens is 6. The van der Waals surface area contributed by atoms with Gasteiger partial charge in [0.1, 0.15) is 0 Å². The summed E-state index contributed by atoms with van der Waals surface area (Å²) in [7, 11) is 0. The Balaban J connectivity index is 1.48. The molecule has 0 spiro atoms. The van der Waals surface area contributed by atoms with Crippen LogP contribution in [-0.2, 0) is 5.75 Å². The van der Waals surface area contributed by atoms with E-state index in [1.54, 1.807) is 18.5 Å². The zero-order chi connectivity index (χ0) is 22.8. The maximum absolute atomic E-state index is 6.26. The number of halogens is 1. The van der Waals surface area contributed by atoms with Gasteiger partial charge < -0.3 is 4.52 Å². The van der Waals surface area contributed by atoms with Crippen LogP contribution in [0.15, 0.2) is 76.7 Å². The summed E-state index contributed by atoms with van der Waals surface area (Å²) < 4.78 is 7.51. The van der Waals surface area contributed by atoms with Gasteiger partial charge in [-0.05, 0) is 49.7 Å². The molecule has 0 aliphatic carbocycles. The van der Waals surface area contributed by atoms with Crippen molar-refractivity contribution in [2.24, 2.45) is 0 Å². The number of benzene rings is 2. The van der Waals surface area contributed by atoms with E-state index in [0.29, 0.717) is 22.5 Å². The van der Waals surface area contributed by atoms with Crippen LogP contribution in [0.4, 0.5) is 0 Å². The molecular weight excluding hydrogens is 456 g/mol. The molecule has 164 valence electrons. The molecule has 2 aromatic carbocycles. The molecule has 3 aromatic heterocycles. The lowest BCUT2D eigenvalue weighted by Crippen LogP contribution is -2.02. The Morgan fingerprint density at radius 3 is 2.70 bits per heavy atom. The first-order chi connectivity index (χ1) is 16.1. The minimum atomic E-state index is 0.438. The van der Waals surface area contributed by atoms with E-state index in [4.69, 9.17) is 16.1 Å². The molecule has 0 saturated heterocycles. The highest BCUT2D eigenvalue weighted by molar-refractivity contribution is 7.98. The molecule has 0 aliphatic rings. The monoisotopic (exact) mass is 474 g/mol. The molecule has 0 fully saturated rings. The van der Waals surface area contributed by atoms with Crippen LogP contribution in [-0.4, -0.2) is 29.9 Å². The van der Waals surface area contributed by atoms with Crippen LogP contribution in [0.2, 0.25) is 5.02 Å². The fourth-order valence-electron chi connectivity index (χ4n) is 3.51. The summed E-state index contributed by atoms with van der Waals surface area (Å²) in [6, 6.07) is 17.6. The highest BCUT2D eigenvalue weighted by Crippen LogP contribution is 2.32. The average molecular weight is 475 g/mol. The van der Waals surface area contributed by atoms with Crippen molar-refractivity contribution < 1.29 is 4.52 Å². The zero-order valence-electron chi connectivity index (χ0n) is 17.9. The van der Waals surface area contributed by atoms with Crippen molar-refractivity contribution >= 4 is 23.4 Å². The molecule has 7 nitrogen and oxygen atoms in total. The maximum Gasteiger partial charge on any atom is 0.237 e. The Morgan fingerprint density at radius 2 is 1.91 bits per heavy atom. The number of rotatable bonds is 6. The molecule has 33 heavy (non-hydrogen) atoms. The molecule has 0 aliphatic heterocycles. The molecule has 0 amide bonds. The van der Waals surface area contributed by atoms with Crippen molar-refractivity contribution in [3.05, 3.63) is 89.0 Å². The van der Waals surface area contributed by atoms with Crippen molar-refractivity contribution in [2.75, 3.05) is 0 Å². The van der Waals surface area contributed by atoms with Crippen LogP contribution in [0, 0.1) is 13.8 Å². The lowest BCUT2D eigenvalue weighted by atomic mass is 10.1. The van der Waals surface area contributed by atoms with Gasteiger partial charge in [0.25, 0.3) is 0 Å². The Kier molecular flexibility index (Phi) is 5.93. The van der Waals surface area contributed by atoms with E-state index in [2.05, 4.69) is 57.4 Å². The number of hydrogen-bond acceptors (Lipinski definition) is 7. The van der Waals surface area contributed by atoms with E-state index in [1.807, 2.05) is 34.9 Å². The number of hydrogen-bond donors (Lipinski definition) is 0. The summed E-state index contributed by atoms with van der Waals surface area (Å²) in [4.78, 5) is 8.74. The number of thioether (sulfide) groups is 1. The van der Waals surface area contributed by atoms with Crippen LogP contribution in [0.25, 0.3) is 28.5 Å². The second kappa shape index (κ2) is 9.17. The second-order valence-electron chi connectivity index (χ2n) is 7.45. The molecule has 0 unspecified atom stereocenters. The molecule has 9 heteroatoms. The van der Waals surface area contributed by atoms with Gasteiger partial charge in [0.15, 0.2) is 11.0 Å².